The van der Waals surface area contributed by atoms with Gasteiger partial charge in [0.2, 0.25) is 5.71 Å². The Kier molecular flexibility index (Phi) is 6.00. The van der Waals surface area contributed by atoms with Gasteiger partial charge < -0.3 is 9.47 Å². The van der Waals surface area contributed by atoms with Crippen LogP contribution in [-0.2, 0) is 11.8 Å². The first-order valence-corrected chi connectivity index (χ1v) is 11.1. The van der Waals surface area contributed by atoms with Crippen LogP contribution in [0.15, 0.2) is 54.6 Å². The number of methoxy groups -OCH3 is 2. The number of halogens is 2. The second kappa shape index (κ2) is 8.62. The molecular formula is C28H30F2NO2+. The molecule has 1 aliphatic heterocycles. The van der Waals surface area contributed by atoms with Gasteiger partial charge in [0.1, 0.15) is 0 Å². The van der Waals surface area contributed by atoms with Crippen molar-refractivity contribution in [2.24, 2.45) is 0 Å². The van der Waals surface area contributed by atoms with Crippen molar-refractivity contribution < 1.29 is 22.8 Å². The third-order valence-electron chi connectivity index (χ3n) is 6.26. The predicted molar refractivity (Wildman–Crippen MR) is 127 cm³/mol. The van der Waals surface area contributed by atoms with E-state index in [9.17, 15) is 0 Å². The Bertz CT molecular complexity index is 1200. The second-order valence-corrected chi connectivity index (χ2v) is 9.53. The van der Waals surface area contributed by atoms with Crippen LogP contribution in [0, 0.1) is 11.6 Å². The van der Waals surface area contributed by atoms with Gasteiger partial charge in [-0.15, -0.1) is 0 Å². The molecule has 0 saturated heterocycles. The summed E-state index contributed by atoms with van der Waals surface area (Å²) in [5, 5.41) is 0. The van der Waals surface area contributed by atoms with E-state index in [0.29, 0.717) is 17.9 Å². The summed E-state index contributed by atoms with van der Waals surface area (Å²) < 4.78 is 42.9. The zero-order valence-corrected chi connectivity index (χ0v) is 20.0. The molecule has 1 unspecified atom stereocenters. The van der Waals surface area contributed by atoms with Crippen molar-refractivity contribution in [3.05, 3.63) is 88.5 Å². The molecule has 0 fully saturated rings. The van der Waals surface area contributed by atoms with Crippen molar-refractivity contribution >= 4 is 11.4 Å². The SMILES string of the molecule is COc1cc2c(cc1OC)C(c1ccc(C(C)(C)C)cc1)=[N+](c1c(F)cccc1F)C(C)C2. The van der Waals surface area contributed by atoms with Crippen LogP contribution >= 0.6 is 0 Å². The molecule has 1 heterocycles. The van der Waals surface area contributed by atoms with E-state index in [1.165, 1.54) is 23.8 Å². The van der Waals surface area contributed by atoms with E-state index in [0.717, 1.165) is 22.4 Å². The molecule has 5 heteroatoms. The first-order valence-electron chi connectivity index (χ1n) is 11.1. The summed E-state index contributed by atoms with van der Waals surface area (Å²) in [6.07, 6.45) is 0.604. The number of para-hydroxylation sites is 1. The van der Waals surface area contributed by atoms with Gasteiger partial charge in [-0.25, -0.2) is 0 Å². The molecular weight excluding hydrogens is 420 g/mol. The zero-order chi connectivity index (χ0) is 23.9. The van der Waals surface area contributed by atoms with Crippen LogP contribution in [0.25, 0.3) is 0 Å². The molecule has 33 heavy (non-hydrogen) atoms. The monoisotopic (exact) mass is 450 g/mol. The summed E-state index contributed by atoms with van der Waals surface area (Å²) >= 11 is 0. The van der Waals surface area contributed by atoms with E-state index in [-0.39, 0.29) is 17.1 Å². The van der Waals surface area contributed by atoms with E-state index in [4.69, 9.17) is 9.47 Å². The predicted octanol–water partition coefficient (Wildman–Crippen LogP) is 6.41. The maximum Gasteiger partial charge on any atom is 0.278 e. The molecule has 3 aromatic carbocycles. The van der Waals surface area contributed by atoms with Gasteiger partial charge in [0.05, 0.1) is 19.8 Å². The van der Waals surface area contributed by atoms with Gasteiger partial charge >= 0.3 is 0 Å². The third-order valence-corrected chi connectivity index (χ3v) is 6.26. The topological polar surface area (TPSA) is 21.5 Å². The largest absolute Gasteiger partial charge is 0.493 e. The minimum atomic E-state index is -0.588. The minimum absolute atomic E-state index is 0.00508. The highest BCUT2D eigenvalue weighted by molar-refractivity contribution is 6.12. The lowest BCUT2D eigenvalue weighted by Crippen LogP contribution is -2.35. The number of fused-ring (bicyclic) bond motifs is 1. The van der Waals surface area contributed by atoms with E-state index < -0.39 is 11.6 Å². The zero-order valence-electron chi connectivity index (χ0n) is 20.0. The maximum absolute atomic E-state index is 15.0. The molecule has 0 N–H and O–H groups in total. The Hall–Kier alpha value is -3.21. The van der Waals surface area contributed by atoms with Crippen molar-refractivity contribution in [3.8, 4) is 11.5 Å². The smallest absolute Gasteiger partial charge is 0.278 e. The molecule has 0 spiro atoms. The molecule has 0 aliphatic carbocycles. The molecule has 3 nitrogen and oxygen atoms in total. The van der Waals surface area contributed by atoms with Gasteiger partial charge in [-0.1, -0.05) is 39.0 Å². The maximum atomic E-state index is 15.0. The number of benzene rings is 3. The van der Waals surface area contributed by atoms with Gasteiger partial charge in [-0.2, -0.15) is 13.4 Å². The summed E-state index contributed by atoms with van der Waals surface area (Å²) in [6, 6.07) is 15.9. The molecule has 172 valence electrons. The fourth-order valence-corrected chi connectivity index (χ4v) is 4.54. The van der Waals surface area contributed by atoms with Crippen LogP contribution in [0.4, 0.5) is 14.5 Å². The van der Waals surface area contributed by atoms with Crippen molar-refractivity contribution in [1.29, 1.82) is 0 Å². The van der Waals surface area contributed by atoms with Gasteiger partial charge in [0, 0.05) is 12.0 Å². The quantitative estimate of drug-likeness (QED) is 0.429. The lowest BCUT2D eigenvalue weighted by molar-refractivity contribution is -0.485. The first-order chi connectivity index (χ1) is 15.7. The highest BCUT2D eigenvalue weighted by atomic mass is 19.1. The van der Waals surface area contributed by atoms with Crippen molar-refractivity contribution in [2.75, 3.05) is 14.2 Å². The molecule has 4 rings (SSSR count). The molecule has 0 bridgehead atoms. The van der Waals surface area contributed by atoms with Gasteiger partial charge in [0.15, 0.2) is 29.2 Å². The number of hydrogen-bond acceptors (Lipinski definition) is 2. The van der Waals surface area contributed by atoms with Crippen LogP contribution in [0.3, 0.4) is 0 Å². The Morgan fingerprint density at radius 2 is 1.45 bits per heavy atom. The molecule has 1 atom stereocenters. The fraction of sp³-hybridized carbons (Fsp3) is 0.321. The molecule has 0 amide bonds. The van der Waals surface area contributed by atoms with E-state index in [1.54, 1.807) is 18.8 Å². The van der Waals surface area contributed by atoms with Crippen molar-refractivity contribution in [1.82, 2.24) is 0 Å². The molecule has 0 radical (unpaired) electrons. The minimum Gasteiger partial charge on any atom is -0.493 e. The number of hydrogen-bond donors (Lipinski definition) is 0. The van der Waals surface area contributed by atoms with Gasteiger partial charge in [-0.3, -0.25) is 0 Å². The summed E-state index contributed by atoms with van der Waals surface area (Å²) in [5.74, 6) is 0.0316. The van der Waals surface area contributed by atoms with Gasteiger partial charge in [0.25, 0.3) is 5.69 Å². The Morgan fingerprint density at radius 1 is 0.879 bits per heavy atom. The van der Waals surface area contributed by atoms with Crippen LogP contribution in [0.5, 0.6) is 11.5 Å². The first kappa shape index (κ1) is 23.0. The van der Waals surface area contributed by atoms with Crippen LogP contribution in [0.2, 0.25) is 0 Å². The molecule has 0 saturated carbocycles. The molecule has 3 aromatic rings. The average molecular weight is 451 g/mol. The Balaban J connectivity index is 2.06. The average Bonchev–Trinajstić information content (AvgIpc) is 2.77. The van der Waals surface area contributed by atoms with E-state index in [1.807, 2.05) is 31.2 Å². The van der Waals surface area contributed by atoms with Crippen LogP contribution in [0.1, 0.15) is 49.9 Å². The summed E-state index contributed by atoms with van der Waals surface area (Å²) in [5.41, 5.74) is 4.68. The summed E-state index contributed by atoms with van der Waals surface area (Å²) in [6.45, 7) is 8.46. The van der Waals surface area contributed by atoms with E-state index >= 15 is 8.78 Å². The number of nitrogens with zero attached hydrogens (tertiary/aromatic N) is 1. The van der Waals surface area contributed by atoms with Crippen LogP contribution in [-0.4, -0.2) is 30.5 Å². The standard InChI is InChI=1S/C28H30F2NO2/c1-17-14-19-15-24(32-5)25(33-6)16-21(19)26(18-10-12-20(13-11-18)28(2,3)4)31(17)27-22(29)8-7-9-23(27)30/h7-13,15-17H,14H2,1-6H3/q+1. The second-order valence-electron chi connectivity index (χ2n) is 9.53. The molecule has 0 aromatic heterocycles. The highest BCUT2D eigenvalue weighted by Gasteiger charge is 2.38. The van der Waals surface area contributed by atoms with Gasteiger partial charge in [-0.05, 0) is 59.9 Å². The highest BCUT2D eigenvalue weighted by Crippen LogP contribution is 2.37. The lowest BCUT2D eigenvalue weighted by Gasteiger charge is -2.25. The van der Waals surface area contributed by atoms with Crippen molar-refractivity contribution in [2.45, 2.75) is 45.6 Å². The lowest BCUT2D eigenvalue weighted by atomic mass is 9.84. The van der Waals surface area contributed by atoms with Crippen molar-refractivity contribution in [3.63, 3.8) is 0 Å². The normalized spacial score (nSPS) is 15.9. The summed E-state index contributed by atoms with van der Waals surface area (Å²) in [7, 11) is 3.19. The number of rotatable bonds is 4. The fourth-order valence-electron chi connectivity index (χ4n) is 4.54. The Labute approximate surface area is 194 Å². The third kappa shape index (κ3) is 4.12. The number of ether oxygens (including phenoxy) is 2. The summed E-state index contributed by atoms with van der Waals surface area (Å²) in [4.78, 5) is 0. The van der Waals surface area contributed by atoms with E-state index in [2.05, 4.69) is 32.9 Å². The Morgan fingerprint density at radius 3 is 2.00 bits per heavy atom. The van der Waals surface area contributed by atoms with Crippen LogP contribution < -0.4 is 9.47 Å². The molecule has 1 aliphatic rings.